The molecule has 2 amide bonds. The number of anilines is 3. The number of halogens is 2. The highest BCUT2D eigenvalue weighted by molar-refractivity contribution is 6.09. The number of benzene rings is 3. The van der Waals surface area contributed by atoms with Gasteiger partial charge in [-0.2, -0.15) is 0 Å². The van der Waals surface area contributed by atoms with Crippen molar-refractivity contribution in [1.82, 2.24) is 14.8 Å². The number of nitrogens with one attached hydrogen (secondary N) is 3. The van der Waals surface area contributed by atoms with E-state index in [0.29, 0.717) is 40.8 Å². The van der Waals surface area contributed by atoms with E-state index in [0.717, 1.165) is 61.8 Å². The minimum atomic E-state index is -0.899. The fourth-order valence-corrected chi connectivity index (χ4v) is 6.11. The fourth-order valence-electron chi connectivity index (χ4n) is 6.11. The van der Waals surface area contributed by atoms with Gasteiger partial charge in [-0.15, -0.1) is 0 Å². The van der Waals surface area contributed by atoms with Crippen LogP contribution in [0.4, 0.5) is 25.8 Å². The molecular weight excluding hydrogens is 562 g/mol. The Kier molecular flexibility index (Phi) is 9.28. The summed E-state index contributed by atoms with van der Waals surface area (Å²) in [6, 6.07) is 15.0. The van der Waals surface area contributed by atoms with Crippen LogP contribution in [-0.4, -0.2) is 65.9 Å². The molecule has 0 aliphatic carbocycles. The Balaban J connectivity index is 1.25. The molecule has 230 valence electrons. The third-order valence-electron chi connectivity index (χ3n) is 8.50. The molecule has 0 unspecified atom stereocenters. The third-order valence-corrected chi connectivity index (χ3v) is 8.50. The third kappa shape index (κ3) is 7.31. The Morgan fingerprint density at radius 3 is 1.70 bits per heavy atom. The zero-order valence-electron chi connectivity index (χ0n) is 24.8. The van der Waals surface area contributed by atoms with Gasteiger partial charge in [0.2, 0.25) is 11.8 Å². The minimum Gasteiger partial charge on any atom is -0.380 e. The molecule has 44 heavy (non-hydrogen) atoms. The molecule has 6 rings (SSSR count). The summed E-state index contributed by atoms with van der Waals surface area (Å²) >= 11 is 0. The average molecular weight is 601 g/mol. The number of hydrogen-bond donors (Lipinski definition) is 3. The highest BCUT2D eigenvalue weighted by atomic mass is 19.2. The molecule has 10 heteroatoms. The lowest BCUT2D eigenvalue weighted by atomic mass is 10.1. The van der Waals surface area contributed by atoms with E-state index in [1.165, 1.54) is 31.7 Å². The standard InChI is InChI=1S/C34H38F2N6O2/c35-28-10-5-23(19-29(28)36)22-37-34-26-8-6-24(38-32(43)11-17-41-13-1-2-14-41)20-30(26)40-31-21-25(7-9-27(31)34)39-33(44)12-18-42-15-3-4-16-42/h5-10,19-21H,1-4,11-18,22H2,(H,37,40)(H,38,43)(H,39,44). The Hall–Kier alpha value is -4.15. The second-order valence-corrected chi connectivity index (χ2v) is 11.7. The molecule has 0 radical (unpaired) electrons. The number of aromatic nitrogens is 1. The van der Waals surface area contributed by atoms with Gasteiger partial charge >= 0.3 is 0 Å². The van der Waals surface area contributed by atoms with E-state index in [1.807, 2.05) is 36.4 Å². The number of amides is 2. The van der Waals surface area contributed by atoms with Crippen molar-refractivity contribution in [1.29, 1.82) is 0 Å². The first-order valence-electron chi connectivity index (χ1n) is 15.5. The molecule has 4 aromatic rings. The first-order valence-corrected chi connectivity index (χ1v) is 15.5. The number of carbonyl (C=O) groups excluding carboxylic acids is 2. The summed E-state index contributed by atoms with van der Waals surface area (Å²) in [4.78, 5) is 34.9. The lowest BCUT2D eigenvalue weighted by molar-refractivity contribution is -0.117. The molecule has 0 bridgehead atoms. The quantitative estimate of drug-likeness (QED) is 0.180. The second-order valence-electron chi connectivity index (χ2n) is 11.7. The van der Waals surface area contributed by atoms with Gasteiger partial charge in [0, 0.05) is 54.6 Å². The maximum Gasteiger partial charge on any atom is 0.225 e. The fraction of sp³-hybridized carbons (Fsp3) is 0.382. The number of carbonyl (C=O) groups is 2. The van der Waals surface area contributed by atoms with Gasteiger partial charge in [0.1, 0.15) is 0 Å². The summed E-state index contributed by atoms with van der Waals surface area (Å²) < 4.78 is 27.4. The van der Waals surface area contributed by atoms with E-state index in [-0.39, 0.29) is 18.4 Å². The molecule has 0 spiro atoms. The topological polar surface area (TPSA) is 89.6 Å². The van der Waals surface area contributed by atoms with Crippen molar-refractivity contribution in [3.63, 3.8) is 0 Å². The number of nitrogens with zero attached hydrogens (tertiary/aromatic N) is 3. The van der Waals surface area contributed by atoms with Gasteiger partial charge < -0.3 is 25.8 Å². The Morgan fingerprint density at radius 2 is 1.20 bits per heavy atom. The molecule has 2 saturated heterocycles. The van der Waals surface area contributed by atoms with Gasteiger partial charge in [0.15, 0.2) is 11.6 Å². The molecular formula is C34H38F2N6O2. The van der Waals surface area contributed by atoms with E-state index < -0.39 is 11.6 Å². The number of pyridine rings is 1. The Bertz CT molecular complexity index is 1580. The molecule has 2 aliphatic heterocycles. The van der Waals surface area contributed by atoms with Crippen molar-refractivity contribution < 1.29 is 18.4 Å². The Labute approximate surface area is 255 Å². The van der Waals surface area contributed by atoms with Crippen molar-refractivity contribution in [2.24, 2.45) is 0 Å². The molecule has 3 N–H and O–H groups in total. The minimum absolute atomic E-state index is 0.0485. The van der Waals surface area contributed by atoms with Gasteiger partial charge in [-0.3, -0.25) is 9.59 Å². The highest BCUT2D eigenvalue weighted by Gasteiger charge is 2.16. The van der Waals surface area contributed by atoms with Crippen molar-refractivity contribution >= 4 is 50.7 Å². The zero-order chi connectivity index (χ0) is 30.5. The largest absolute Gasteiger partial charge is 0.380 e. The predicted octanol–water partition coefficient (Wildman–Crippen LogP) is 6.13. The summed E-state index contributed by atoms with van der Waals surface area (Å²) in [5, 5.41) is 11.0. The van der Waals surface area contributed by atoms with Crippen LogP contribution in [0.3, 0.4) is 0 Å². The van der Waals surface area contributed by atoms with E-state index in [2.05, 4.69) is 25.8 Å². The smallest absolute Gasteiger partial charge is 0.225 e. The van der Waals surface area contributed by atoms with Gasteiger partial charge in [-0.25, -0.2) is 13.8 Å². The molecule has 8 nitrogen and oxygen atoms in total. The van der Waals surface area contributed by atoms with Gasteiger partial charge in [-0.1, -0.05) is 6.07 Å². The average Bonchev–Trinajstić information content (AvgIpc) is 3.74. The zero-order valence-corrected chi connectivity index (χ0v) is 24.8. The predicted molar refractivity (Wildman–Crippen MR) is 171 cm³/mol. The molecule has 1 aromatic heterocycles. The van der Waals surface area contributed by atoms with Crippen LogP contribution in [0.1, 0.15) is 44.1 Å². The van der Waals surface area contributed by atoms with Crippen LogP contribution in [0.5, 0.6) is 0 Å². The summed E-state index contributed by atoms with van der Waals surface area (Å²) in [6.07, 6.45) is 5.58. The maximum atomic E-state index is 13.9. The van der Waals surface area contributed by atoms with Gasteiger partial charge in [0.05, 0.1) is 16.7 Å². The van der Waals surface area contributed by atoms with Crippen LogP contribution in [0.15, 0.2) is 54.6 Å². The van der Waals surface area contributed by atoms with Crippen LogP contribution in [0.2, 0.25) is 0 Å². The molecule has 2 aliphatic rings. The number of rotatable bonds is 11. The molecule has 3 aromatic carbocycles. The first-order chi connectivity index (χ1) is 21.4. The first kappa shape index (κ1) is 29.9. The van der Waals surface area contributed by atoms with Crippen molar-refractivity contribution in [3.05, 3.63) is 71.8 Å². The SMILES string of the molecule is O=C(CCN1CCCC1)Nc1ccc2c(NCc3ccc(F)c(F)c3)c3ccc(NC(=O)CCN4CCCC4)cc3nc2c1. The number of hydrogen-bond acceptors (Lipinski definition) is 6. The van der Waals surface area contributed by atoms with Crippen LogP contribution in [0, 0.1) is 11.6 Å². The second kappa shape index (κ2) is 13.7. The van der Waals surface area contributed by atoms with Gasteiger partial charge in [-0.05, 0) is 106 Å². The van der Waals surface area contributed by atoms with Crippen LogP contribution >= 0.6 is 0 Å². The normalized spacial score (nSPS) is 15.7. The lowest BCUT2D eigenvalue weighted by Crippen LogP contribution is -2.25. The van der Waals surface area contributed by atoms with Gasteiger partial charge in [0.25, 0.3) is 0 Å². The highest BCUT2D eigenvalue weighted by Crippen LogP contribution is 2.34. The lowest BCUT2D eigenvalue weighted by Gasteiger charge is -2.16. The van der Waals surface area contributed by atoms with Crippen LogP contribution in [0.25, 0.3) is 21.8 Å². The summed E-state index contributed by atoms with van der Waals surface area (Å²) in [6.45, 7) is 5.92. The molecule has 3 heterocycles. The number of fused-ring (bicyclic) bond motifs is 2. The Morgan fingerprint density at radius 1 is 0.682 bits per heavy atom. The monoisotopic (exact) mass is 600 g/mol. The molecule has 2 fully saturated rings. The van der Waals surface area contributed by atoms with E-state index in [9.17, 15) is 18.4 Å². The van der Waals surface area contributed by atoms with Crippen LogP contribution in [-0.2, 0) is 16.1 Å². The van der Waals surface area contributed by atoms with Crippen molar-refractivity contribution in [2.75, 3.05) is 55.2 Å². The maximum absolute atomic E-state index is 13.9. The van der Waals surface area contributed by atoms with E-state index in [1.54, 1.807) is 6.07 Å². The van der Waals surface area contributed by atoms with Crippen LogP contribution < -0.4 is 16.0 Å². The summed E-state index contributed by atoms with van der Waals surface area (Å²) in [5.74, 6) is -1.89. The number of likely N-dealkylation sites (tertiary alicyclic amines) is 2. The summed E-state index contributed by atoms with van der Waals surface area (Å²) in [5.41, 5.74) is 3.96. The van der Waals surface area contributed by atoms with E-state index >= 15 is 0 Å². The van der Waals surface area contributed by atoms with E-state index in [4.69, 9.17) is 4.98 Å². The van der Waals surface area contributed by atoms with Crippen molar-refractivity contribution in [3.8, 4) is 0 Å². The molecule has 0 saturated carbocycles. The molecule has 0 atom stereocenters. The van der Waals surface area contributed by atoms with Crippen molar-refractivity contribution in [2.45, 2.75) is 45.1 Å². The summed E-state index contributed by atoms with van der Waals surface area (Å²) in [7, 11) is 0.